The van der Waals surface area contributed by atoms with E-state index in [2.05, 4.69) is 10.5 Å². The van der Waals surface area contributed by atoms with Gasteiger partial charge < -0.3 is 15.6 Å². The van der Waals surface area contributed by atoms with Crippen molar-refractivity contribution in [2.75, 3.05) is 15.9 Å². The lowest BCUT2D eigenvalue weighted by Crippen LogP contribution is -2.13. The van der Waals surface area contributed by atoms with Crippen molar-refractivity contribution >= 4 is 22.8 Å². The third-order valence-electron chi connectivity index (χ3n) is 3.74. The second-order valence-corrected chi connectivity index (χ2v) is 5.59. The van der Waals surface area contributed by atoms with Crippen molar-refractivity contribution in [3.05, 3.63) is 100 Å². The predicted molar refractivity (Wildman–Crippen MR) is 104 cm³/mol. The van der Waals surface area contributed by atoms with Gasteiger partial charge in [0.05, 0.1) is 17.1 Å². The lowest BCUT2D eigenvalue weighted by Gasteiger charge is -2.38. The van der Waals surface area contributed by atoms with Gasteiger partial charge in [0.2, 0.25) is 0 Å². The summed E-state index contributed by atoms with van der Waals surface area (Å²) >= 11 is 0. The summed E-state index contributed by atoms with van der Waals surface area (Å²) in [7, 11) is 0. The first-order valence-corrected chi connectivity index (χ1v) is 7.96. The topological polar surface area (TPSA) is 117 Å². The number of anilines is 3. The fraction of sp³-hybridized carbons (Fsp3) is 0. The largest absolute Gasteiger partial charge is 0.769 e. The van der Waals surface area contributed by atoms with Crippen LogP contribution in [0.5, 0.6) is 0 Å². The molecule has 8 nitrogen and oxygen atoms in total. The van der Waals surface area contributed by atoms with Crippen LogP contribution in [0, 0.1) is 10.4 Å². The molecule has 0 saturated heterocycles. The van der Waals surface area contributed by atoms with Crippen LogP contribution in [0.2, 0.25) is 0 Å². The maximum atomic E-state index is 11.1. The van der Waals surface area contributed by atoms with E-state index >= 15 is 0 Å². The fourth-order valence-corrected chi connectivity index (χ4v) is 2.49. The standard InChI is InChI=1S/C19H16N4O4/c24-22(25)17-11-16(12-18(13-17)23(26)27)20-21-19(14-7-3-1-4-8-14)15-9-5-2-6-10-15/h1-13,20,24-25H/q-2. The molecule has 3 N–H and O–H groups in total. The van der Waals surface area contributed by atoms with Crippen molar-refractivity contribution in [3.8, 4) is 0 Å². The van der Waals surface area contributed by atoms with Crippen molar-refractivity contribution in [3.63, 3.8) is 0 Å². The highest BCUT2D eigenvalue weighted by Gasteiger charge is 2.08. The molecule has 27 heavy (non-hydrogen) atoms. The van der Waals surface area contributed by atoms with Crippen molar-refractivity contribution < 1.29 is 10.4 Å². The van der Waals surface area contributed by atoms with Crippen LogP contribution in [0.3, 0.4) is 0 Å². The maximum Gasteiger partial charge on any atom is 0.0984 e. The number of hydrazone groups is 1. The van der Waals surface area contributed by atoms with E-state index in [1.165, 1.54) is 12.1 Å². The summed E-state index contributed by atoms with van der Waals surface area (Å²) in [6.45, 7) is 0. The minimum atomic E-state index is -0.628. The molecular weight excluding hydrogens is 348 g/mol. The van der Waals surface area contributed by atoms with Crippen LogP contribution in [-0.4, -0.2) is 16.1 Å². The molecule has 138 valence electrons. The van der Waals surface area contributed by atoms with Gasteiger partial charge in [-0.1, -0.05) is 60.7 Å². The SMILES string of the molecule is [O-]N([O-])c1cc(NN=C(c2ccccc2)c2ccccc2)cc(N(O)O)c1. The molecule has 8 heteroatoms. The molecule has 0 aromatic heterocycles. The summed E-state index contributed by atoms with van der Waals surface area (Å²) in [5.74, 6) is 0. The van der Waals surface area contributed by atoms with Crippen molar-refractivity contribution in [2.24, 2.45) is 5.10 Å². The first kappa shape index (κ1) is 18.4. The van der Waals surface area contributed by atoms with E-state index in [4.69, 9.17) is 0 Å². The van der Waals surface area contributed by atoms with Gasteiger partial charge in [0, 0.05) is 16.8 Å². The second-order valence-electron chi connectivity index (χ2n) is 5.59. The Bertz CT molecular complexity index is 848. The molecule has 0 spiro atoms. The molecule has 0 unspecified atom stereocenters. The van der Waals surface area contributed by atoms with Gasteiger partial charge in [-0.3, -0.25) is 15.8 Å². The molecule has 0 fully saturated rings. The number of hydrogen-bond donors (Lipinski definition) is 3. The highest BCUT2D eigenvalue weighted by atomic mass is 16.8. The third-order valence-corrected chi connectivity index (χ3v) is 3.74. The van der Waals surface area contributed by atoms with E-state index in [9.17, 15) is 20.8 Å². The summed E-state index contributed by atoms with van der Waals surface area (Å²) in [5.41, 5.74) is 4.87. The van der Waals surface area contributed by atoms with E-state index in [0.29, 0.717) is 5.71 Å². The van der Waals surface area contributed by atoms with Crippen LogP contribution in [0.25, 0.3) is 0 Å². The summed E-state index contributed by atoms with van der Waals surface area (Å²) in [4.78, 5) is 0. The van der Waals surface area contributed by atoms with Crippen LogP contribution in [-0.2, 0) is 0 Å². The van der Waals surface area contributed by atoms with Gasteiger partial charge in [-0.05, 0) is 18.2 Å². The van der Waals surface area contributed by atoms with Crippen LogP contribution in [0.1, 0.15) is 11.1 Å². The smallest absolute Gasteiger partial charge is 0.0984 e. The zero-order valence-corrected chi connectivity index (χ0v) is 14.1. The van der Waals surface area contributed by atoms with E-state index in [0.717, 1.165) is 17.2 Å². The van der Waals surface area contributed by atoms with Gasteiger partial charge in [0.15, 0.2) is 0 Å². The molecule has 0 aliphatic rings. The van der Waals surface area contributed by atoms with Gasteiger partial charge >= 0.3 is 0 Å². The van der Waals surface area contributed by atoms with Gasteiger partial charge in [0.25, 0.3) is 0 Å². The minimum absolute atomic E-state index is 0.164. The molecule has 0 heterocycles. The first-order valence-electron chi connectivity index (χ1n) is 7.96. The molecule has 0 atom stereocenters. The summed E-state index contributed by atoms with van der Waals surface area (Å²) in [6, 6.07) is 22.5. The predicted octanol–water partition coefficient (Wildman–Crippen LogP) is 3.94. The average Bonchev–Trinajstić information content (AvgIpc) is 2.69. The number of nitrogens with zero attached hydrogens (tertiary/aromatic N) is 3. The van der Waals surface area contributed by atoms with Crippen LogP contribution in [0.15, 0.2) is 84.0 Å². The molecule has 0 amide bonds. The number of nitrogens with one attached hydrogen (secondary N) is 1. The Morgan fingerprint density at radius 2 is 1.30 bits per heavy atom. The van der Waals surface area contributed by atoms with E-state index in [1.807, 2.05) is 60.7 Å². The second kappa shape index (κ2) is 8.30. The molecule has 0 saturated carbocycles. The van der Waals surface area contributed by atoms with Crippen molar-refractivity contribution in [2.45, 2.75) is 0 Å². The molecule has 3 rings (SSSR count). The minimum Gasteiger partial charge on any atom is -0.769 e. The highest BCUT2D eigenvalue weighted by Crippen LogP contribution is 2.26. The highest BCUT2D eigenvalue weighted by molar-refractivity contribution is 6.13. The monoisotopic (exact) mass is 364 g/mol. The van der Waals surface area contributed by atoms with Crippen LogP contribution >= 0.6 is 0 Å². The summed E-state index contributed by atoms with van der Waals surface area (Å²) < 4.78 is 0. The van der Waals surface area contributed by atoms with Gasteiger partial charge in [-0.2, -0.15) is 5.10 Å². The molecule has 3 aromatic rings. The third kappa shape index (κ3) is 4.60. The molecule has 0 bridgehead atoms. The summed E-state index contributed by atoms with van der Waals surface area (Å²) in [5, 5.41) is 44.1. The van der Waals surface area contributed by atoms with E-state index in [-0.39, 0.29) is 22.3 Å². The molecular formula is C19H16N4O4-2. The van der Waals surface area contributed by atoms with E-state index in [1.54, 1.807) is 0 Å². The first-order chi connectivity index (χ1) is 13.0. The average molecular weight is 364 g/mol. The Morgan fingerprint density at radius 1 is 0.778 bits per heavy atom. The molecule has 0 aliphatic heterocycles. The Balaban J connectivity index is 2.00. The molecule has 0 aliphatic carbocycles. The fourth-order valence-electron chi connectivity index (χ4n) is 2.49. The van der Waals surface area contributed by atoms with Gasteiger partial charge in [-0.15, -0.1) is 5.23 Å². The quantitative estimate of drug-likeness (QED) is 0.448. The van der Waals surface area contributed by atoms with Crippen molar-refractivity contribution in [1.82, 2.24) is 0 Å². The Kier molecular flexibility index (Phi) is 5.64. The van der Waals surface area contributed by atoms with Gasteiger partial charge in [-0.25, -0.2) is 0 Å². The lowest BCUT2D eigenvalue weighted by molar-refractivity contribution is 0.0292. The molecule has 0 radical (unpaired) electrons. The Hall–Kier alpha value is -3.43. The summed E-state index contributed by atoms with van der Waals surface area (Å²) in [6.07, 6.45) is 0. The Labute approximate surface area is 155 Å². The number of benzene rings is 3. The van der Waals surface area contributed by atoms with E-state index < -0.39 is 5.23 Å². The van der Waals surface area contributed by atoms with Crippen LogP contribution in [0.4, 0.5) is 17.1 Å². The Morgan fingerprint density at radius 3 is 1.78 bits per heavy atom. The number of hydrogen-bond acceptors (Lipinski definition) is 8. The zero-order chi connectivity index (χ0) is 19.2. The number of rotatable bonds is 6. The lowest BCUT2D eigenvalue weighted by atomic mass is 10.0. The maximum absolute atomic E-state index is 11.1. The van der Waals surface area contributed by atoms with Crippen LogP contribution < -0.4 is 15.9 Å². The normalized spacial score (nSPS) is 10.2. The van der Waals surface area contributed by atoms with Gasteiger partial charge in [0.1, 0.15) is 0 Å². The van der Waals surface area contributed by atoms with Crippen molar-refractivity contribution in [1.29, 1.82) is 0 Å². The molecule has 3 aromatic carbocycles. The zero-order valence-electron chi connectivity index (χ0n) is 14.1.